The molecule has 5 nitrogen and oxygen atoms in total. The lowest BCUT2D eigenvalue weighted by atomic mass is 10.2. The van der Waals surface area contributed by atoms with Crippen LogP contribution in [0.25, 0.3) is 0 Å². The topological polar surface area (TPSA) is 77.8 Å². The van der Waals surface area contributed by atoms with Gasteiger partial charge in [0.05, 0.1) is 23.5 Å². The van der Waals surface area contributed by atoms with Gasteiger partial charge in [-0.1, -0.05) is 12.1 Å². The van der Waals surface area contributed by atoms with E-state index in [4.69, 9.17) is 5.26 Å². The molecule has 1 heterocycles. The fraction of sp³-hybridized carbons (Fsp3) is 0. The minimum Gasteiger partial charge on any atom is -0.354 e. The molecule has 0 spiro atoms. The zero-order valence-corrected chi connectivity index (χ0v) is 13.0. The van der Waals surface area contributed by atoms with Crippen molar-refractivity contribution in [2.75, 3.05) is 10.6 Å². The van der Waals surface area contributed by atoms with Gasteiger partial charge < -0.3 is 10.6 Å². The van der Waals surface area contributed by atoms with Gasteiger partial charge in [-0.05, 0) is 48.5 Å². The number of nitriles is 1. The number of rotatable bonds is 4. The van der Waals surface area contributed by atoms with Crippen LogP contribution in [0.15, 0.2) is 66.9 Å². The second-order valence-electron chi connectivity index (χ2n) is 5.21. The molecule has 0 atom stereocenters. The largest absolute Gasteiger partial charge is 0.354 e. The molecular weight excluding hydrogens is 319 g/mol. The lowest BCUT2D eigenvalue weighted by Gasteiger charge is -2.08. The molecule has 1 amide bonds. The third kappa shape index (κ3) is 4.18. The number of halogens is 1. The predicted octanol–water partition coefficient (Wildman–Crippen LogP) is 4.09. The Morgan fingerprint density at radius 2 is 1.88 bits per heavy atom. The van der Waals surface area contributed by atoms with Gasteiger partial charge in [-0.15, -0.1) is 0 Å². The summed E-state index contributed by atoms with van der Waals surface area (Å²) < 4.78 is 13.2. The van der Waals surface area contributed by atoms with Gasteiger partial charge in [-0.25, -0.2) is 9.37 Å². The molecule has 0 aliphatic carbocycles. The molecule has 3 aromatic rings. The molecule has 2 aromatic carbocycles. The van der Waals surface area contributed by atoms with Crippen LogP contribution in [-0.4, -0.2) is 10.9 Å². The number of nitrogens with zero attached hydrogens (tertiary/aromatic N) is 2. The highest BCUT2D eigenvalue weighted by molar-refractivity contribution is 6.03. The molecule has 6 heteroatoms. The second kappa shape index (κ2) is 7.23. The van der Waals surface area contributed by atoms with Gasteiger partial charge in [0.2, 0.25) is 0 Å². The average Bonchev–Trinajstić information content (AvgIpc) is 2.63. The number of anilines is 3. The minimum atomic E-state index is -0.472. The van der Waals surface area contributed by atoms with E-state index < -0.39 is 11.7 Å². The molecule has 25 heavy (non-hydrogen) atoms. The van der Waals surface area contributed by atoms with Crippen LogP contribution >= 0.6 is 0 Å². The van der Waals surface area contributed by atoms with Crippen molar-refractivity contribution in [3.63, 3.8) is 0 Å². The summed E-state index contributed by atoms with van der Waals surface area (Å²) in [5.74, 6) is -0.556. The van der Waals surface area contributed by atoms with E-state index in [1.165, 1.54) is 18.2 Å². The SMILES string of the molecule is N#Cc1cccc(Nc2ccc(NC(=O)c3cccc(F)c3)nc2)c1. The molecule has 0 radical (unpaired) electrons. The van der Waals surface area contributed by atoms with Crippen molar-refractivity contribution in [1.82, 2.24) is 4.98 Å². The normalized spacial score (nSPS) is 9.92. The molecule has 0 saturated carbocycles. The molecule has 3 rings (SSSR count). The monoisotopic (exact) mass is 332 g/mol. The molecule has 0 unspecified atom stereocenters. The third-order valence-corrected chi connectivity index (χ3v) is 3.37. The number of amides is 1. The number of hydrogen-bond donors (Lipinski definition) is 2. The summed E-state index contributed by atoms with van der Waals surface area (Å²) in [6.07, 6.45) is 1.56. The summed E-state index contributed by atoms with van der Waals surface area (Å²) in [7, 11) is 0. The number of hydrogen-bond acceptors (Lipinski definition) is 4. The van der Waals surface area contributed by atoms with E-state index in [1.807, 2.05) is 6.07 Å². The summed E-state index contributed by atoms with van der Waals surface area (Å²) in [5.41, 5.74) is 2.24. The molecule has 122 valence electrons. The maximum absolute atomic E-state index is 13.2. The lowest BCUT2D eigenvalue weighted by molar-refractivity contribution is 0.102. The quantitative estimate of drug-likeness (QED) is 0.754. The smallest absolute Gasteiger partial charge is 0.256 e. The number of carbonyl (C=O) groups excluding carboxylic acids is 1. The standard InChI is InChI=1S/C19H13FN4O/c20-15-5-2-4-14(10-15)19(25)24-18-8-7-17(12-22-18)23-16-6-1-3-13(9-16)11-21/h1-10,12,23H,(H,22,24,25). The van der Waals surface area contributed by atoms with Crippen molar-refractivity contribution >= 4 is 23.1 Å². The Kier molecular flexibility index (Phi) is 4.67. The highest BCUT2D eigenvalue weighted by Gasteiger charge is 2.07. The van der Waals surface area contributed by atoms with Crippen LogP contribution in [-0.2, 0) is 0 Å². The predicted molar refractivity (Wildman–Crippen MR) is 93.0 cm³/mol. The molecule has 0 saturated heterocycles. The van der Waals surface area contributed by atoms with Crippen LogP contribution in [0.2, 0.25) is 0 Å². The summed E-state index contributed by atoms with van der Waals surface area (Å²) in [4.78, 5) is 16.2. The zero-order chi connectivity index (χ0) is 17.6. The summed E-state index contributed by atoms with van der Waals surface area (Å²) in [6, 6.07) is 17.9. The van der Waals surface area contributed by atoms with E-state index in [0.717, 1.165) is 11.8 Å². The van der Waals surface area contributed by atoms with E-state index in [1.54, 1.807) is 36.5 Å². The Morgan fingerprint density at radius 3 is 2.60 bits per heavy atom. The first-order valence-electron chi connectivity index (χ1n) is 7.44. The summed E-state index contributed by atoms with van der Waals surface area (Å²) in [5, 5.41) is 14.6. The van der Waals surface area contributed by atoms with Crippen molar-refractivity contribution in [3.05, 3.63) is 83.8 Å². The number of carbonyl (C=O) groups is 1. The number of benzene rings is 2. The number of aromatic nitrogens is 1. The Hall–Kier alpha value is -3.72. The molecule has 0 bridgehead atoms. The van der Waals surface area contributed by atoms with Crippen LogP contribution in [0.5, 0.6) is 0 Å². The second-order valence-corrected chi connectivity index (χ2v) is 5.21. The van der Waals surface area contributed by atoms with Crippen LogP contribution < -0.4 is 10.6 Å². The highest BCUT2D eigenvalue weighted by Crippen LogP contribution is 2.18. The first-order valence-corrected chi connectivity index (χ1v) is 7.44. The van der Waals surface area contributed by atoms with E-state index in [-0.39, 0.29) is 5.56 Å². The van der Waals surface area contributed by atoms with Gasteiger partial charge in [0, 0.05) is 11.3 Å². The molecule has 0 aliphatic rings. The maximum Gasteiger partial charge on any atom is 0.256 e. The Bertz CT molecular complexity index is 948. The van der Waals surface area contributed by atoms with Gasteiger partial charge in [0.15, 0.2) is 0 Å². The van der Waals surface area contributed by atoms with Crippen molar-refractivity contribution in [1.29, 1.82) is 5.26 Å². The van der Waals surface area contributed by atoms with Crippen LogP contribution in [0, 0.1) is 17.1 Å². The molecule has 1 aromatic heterocycles. The van der Waals surface area contributed by atoms with Gasteiger partial charge >= 0.3 is 0 Å². The maximum atomic E-state index is 13.2. The van der Waals surface area contributed by atoms with Crippen molar-refractivity contribution < 1.29 is 9.18 Å². The van der Waals surface area contributed by atoms with E-state index >= 15 is 0 Å². The Morgan fingerprint density at radius 1 is 1.04 bits per heavy atom. The van der Waals surface area contributed by atoms with Gasteiger partial charge in [-0.2, -0.15) is 5.26 Å². The number of pyridine rings is 1. The van der Waals surface area contributed by atoms with Gasteiger partial charge in [-0.3, -0.25) is 4.79 Å². The Labute approximate surface area is 143 Å². The van der Waals surface area contributed by atoms with Crippen LogP contribution in [0.3, 0.4) is 0 Å². The molecule has 0 fully saturated rings. The average molecular weight is 332 g/mol. The van der Waals surface area contributed by atoms with Crippen LogP contribution in [0.1, 0.15) is 15.9 Å². The van der Waals surface area contributed by atoms with Gasteiger partial charge in [0.1, 0.15) is 11.6 Å². The minimum absolute atomic E-state index is 0.220. The van der Waals surface area contributed by atoms with Gasteiger partial charge in [0.25, 0.3) is 5.91 Å². The fourth-order valence-electron chi connectivity index (χ4n) is 2.19. The zero-order valence-electron chi connectivity index (χ0n) is 13.0. The summed E-state index contributed by atoms with van der Waals surface area (Å²) in [6.45, 7) is 0. The first kappa shape index (κ1) is 16.1. The van der Waals surface area contributed by atoms with E-state index in [9.17, 15) is 9.18 Å². The van der Waals surface area contributed by atoms with Crippen molar-refractivity contribution in [2.24, 2.45) is 0 Å². The number of nitrogens with one attached hydrogen (secondary N) is 2. The Balaban J connectivity index is 1.68. The molecule has 0 aliphatic heterocycles. The fourth-order valence-corrected chi connectivity index (χ4v) is 2.19. The van der Waals surface area contributed by atoms with Crippen molar-refractivity contribution in [2.45, 2.75) is 0 Å². The van der Waals surface area contributed by atoms with E-state index in [2.05, 4.69) is 21.7 Å². The van der Waals surface area contributed by atoms with Crippen molar-refractivity contribution in [3.8, 4) is 6.07 Å². The molecule has 2 N–H and O–H groups in total. The summed E-state index contributed by atoms with van der Waals surface area (Å²) >= 11 is 0. The lowest BCUT2D eigenvalue weighted by Crippen LogP contribution is -2.13. The highest BCUT2D eigenvalue weighted by atomic mass is 19.1. The van der Waals surface area contributed by atoms with E-state index in [0.29, 0.717) is 17.1 Å². The van der Waals surface area contributed by atoms with Crippen LogP contribution in [0.4, 0.5) is 21.6 Å². The first-order chi connectivity index (χ1) is 12.1. The third-order valence-electron chi connectivity index (χ3n) is 3.37. The molecular formula is C19H13FN4O.